The van der Waals surface area contributed by atoms with E-state index in [1.54, 1.807) is 0 Å². The van der Waals surface area contributed by atoms with Crippen molar-refractivity contribution >= 4 is 0 Å². The highest BCUT2D eigenvalue weighted by atomic mass is 19.2. The van der Waals surface area contributed by atoms with Crippen LogP contribution in [-0.4, -0.2) is 0 Å². The highest BCUT2D eigenvalue weighted by Gasteiger charge is 2.16. The van der Waals surface area contributed by atoms with E-state index in [0.717, 1.165) is 30.3 Å². The van der Waals surface area contributed by atoms with E-state index in [4.69, 9.17) is 0 Å². The van der Waals surface area contributed by atoms with E-state index in [1.165, 1.54) is 0 Å². The maximum atomic E-state index is 13.0. The van der Waals surface area contributed by atoms with Crippen molar-refractivity contribution in [2.75, 3.05) is 0 Å². The van der Waals surface area contributed by atoms with Gasteiger partial charge >= 0.3 is 0 Å². The zero-order valence-corrected chi connectivity index (χ0v) is 8.96. The second kappa shape index (κ2) is 4.78. The molecule has 0 aromatic heterocycles. The Morgan fingerprint density at radius 2 is 1.33 bits per heavy atom. The maximum Gasteiger partial charge on any atom is 0.159 e. The van der Waals surface area contributed by atoms with Crippen LogP contribution in [0.3, 0.4) is 0 Å². The van der Waals surface area contributed by atoms with Crippen molar-refractivity contribution in [2.24, 2.45) is 0 Å². The Hall–Kier alpha value is -1.88. The van der Waals surface area contributed by atoms with Crippen LogP contribution < -0.4 is 0 Å². The molecule has 0 heterocycles. The molecular weight excluding hydrogens is 248 g/mol. The molecule has 0 saturated carbocycles. The van der Waals surface area contributed by atoms with Crippen molar-refractivity contribution in [3.05, 3.63) is 70.8 Å². The van der Waals surface area contributed by atoms with E-state index in [1.807, 2.05) is 0 Å². The molecule has 1 nitrogen and oxygen atoms in total. The van der Waals surface area contributed by atoms with Crippen molar-refractivity contribution in [3.63, 3.8) is 0 Å². The van der Waals surface area contributed by atoms with E-state index in [0.29, 0.717) is 6.07 Å². The number of halogens is 4. The molecule has 0 N–H and O–H groups in total. The number of rotatable bonds is 2. The standard InChI is InChI=1S/C13H7F4O/c14-9-3-8(4-10(15)6-9)13(18)7-1-2-11(16)12(17)5-7/h1-6,13H. The van der Waals surface area contributed by atoms with Crippen molar-refractivity contribution in [3.8, 4) is 0 Å². The minimum atomic E-state index is -1.68. The van der Waals surface area contributed by atoms with Crippen LogP contribution in [0.25, 0.3) is 0 Å². The van der Waals surface area contributed by atoms with Gasteiger partial charge in [0, 0.05) is 6.07 Å². The minimum Gasteiger partial charge on any atom is -0.223 e. The molecule has 2 aromatic rings. The lowest BCUT2D eigenvalue weighted by Crippen LogP contribution is -2.01. The molecule has 0 fully saturated rings. The molecule has 1 radical (unpaired) electrons. The molecule has 2 aromatic carbocycles. The van der Waals surface area contributed by atoms with Gasteiger partial charge in [-0.05, 0) is 35.4 Å². The third kappa shape index (κ3) is 2.51. The van der Waals surface area contributed by atoms with Crippen LogP contribution in [0, 0.1) is 23.3 Å². The van der Waals surface area contributed by atoms with Crippen molar-refractivity contribution < 1.29 is 22.7 Å². The topological polar surface area (TPSA) is 19.9 Å². The lowest BCUT2D eigenvalue weighted by Gasteiger charge is -2.09. The van der Waals surface area contributed by atoms with E-state index >= 15 is 0 Å². The van der Waals surface area contributed by atoms with Gasteiger partial charge in [0.15, 0.2) is 11.6 Å². The second-order valence-corrected chi connectivity index (χ2v) is 3.76. The largest absolute Gasteiger partial charge is 0.223 e. The second-order valence-electron chi connectivity index (χ2n) is 3.76. The Kier molecular flexibility index (Phi) is 3.34. The van der Waals surface area contributed by atoms with Gasteiger partial charge in [-0.15, -0.1) is 0 Å². The lowest BCUT2D eigenvalue weighted by atomic mass is 10.0. The lowest BCUT2D eigenvalue weighted by molar-refractivity contribution is 0.123. The normalized spacial score (nSPS) is 12.5. The Morgan fingerprint density at radius 1 is 0.722 bits per heavy atom. The van der Waals surface area contributed by atoms with E-state index in [-0.39, 0.29) is 11.1 Å². The first kappa shape index (κ1) is 12.6. The van der Waals surface area contributed by atoms with Crippen LogP contribution in [0.15, 0.2) is 36.4 Å². The quantitative estimate of drug-likeness (QED) is 0.728. The number of hydrogen-bond donors (Lipinski definition) is 0. The minimum absolute atomic E-state index is 0.0982. The van der Waals surface area contributed by atoms with Crippen LogP contribution >= 0.6 is 0 Å². The average molecular weight is 255 g/mol. The molecule has 0 aliphatic carbocycles. The summed E-state index contributed by atoms with van der Waals surface area (Å²) in [6, 6.07) is 4.95. The van der Waals surface area contributed by atoms with E-state index in [9.17, 15) is 22.7 Å². The molecule has 0 spiro atoms. The molecule has 0 bridgehead atoms. The third-order valence-electron chi connectivity index (χ3n) is 2.43. The summed E-state index contributed by atoms with van der Waals surface area (Å²) in [7, 11) is 0. The van der Waals surface area contributed by atoms with Crippen molar-refractivity contribution in [1.29, 1.82) is 0 Å². The molecule has 2 rings (SSSR count). The Labute approximate surface area is 100 Å². The monoisotopic (exact) mass is 255 g/mol. The Bertz CT molecular complexity index is 563. The number of hydrogen-bond acceptors (Lipinski definition) is 0. The molecule has 18 heavy (non-hydrogen) atoms. The Morgan fingerprint density at radius 3 is 1.89 bits per heavy atom. The van der Waals surface area contributed by atoms with Crippen LogP contribution in [0.2, 0.25) is 0 Å². The van der Waals surface area contributed by atoms with Gasteiger partial charge in [-0.25, -0.2) is 22.7 Å². The zero-order valence-electron chi connectivity index (χ0n) is 8.96. The summed E-state index contributed by atoms with van der Waals surface area (Å²) in [4.78, 5) is 0. The van der Waals surface area contributed by atoms with Crippen LogP contribution in [-0.2, 0) is 5.11 Å². The predicted octanol–water partition coefficient (Wildman–Crippen LogP) is 3.76. The summed E-state index contributed by atoms with van der Waals surface area (Å²) < 4.78 is 51.5. The van der Waals surface area contributed by atoms with Gasteiger partial charge in [0.1, 0.15) is 17.7 Å². The highest BCUT2D eigenvalue weighted by Crippen LogP contribution is 2.25. The van der Waals surface area contributed by atoms with Crippen LogP contribution in [0.1, 0.15) is 17.2 Å². The molecule has 0 aliphatic heterocycles. The summed E-state index contributed by atoms with van der Waals surface area (Å²) in [5.74, 6) is -4.05. The molecule has 0 aliphatic rings. The summed E-state index contributed by atoms with van der Waals surface area (Å²) in [5.41, 5.74) is -0.280. The summed E-state index contributed by atoms with van der Waals surface area (Å²) in [6.07, 6.45) is -1.68. The van der Waals surface area contributed by atoms with Gasteiger partial charge in [-0.2, -0.15) is 0 Å². The van der Waals surface area contributed by atoms with Gasteiger partial charge in [-0.1, -0.05) is 6.07 Å². The summed E-state index contributed by atoms with van der Waals surface area (Å²) in [5, 5.41) is 11.9. The molecular formula is C13H7F4O. The third-order valence-corrected chi connectivity index (χ3v) is 2.43. The fraction of sp³-hybridized carbons (Fsp3) is 0.0769. The van der Waals surface area contributed by atoms with Gasteiger partial charge in [-0.3, -0.25) is 0 Å². The van der Waals surface area contributed by atoms with Crippen LogP contribution in [0.4, 0.5) is 17.6 Å². The van der Waals surface area contributed by atoms with E-state index < -0.39 is 29.4 Å². The molecule has 1 atom stereocenters. The zero-order chi connectivity index (χ0) is 13.3. The van der Waals surface area contributed by atoms with Crippen molar-refractivity contribution in [1.82, 2.24) is 0 Å². The smallest absolute Gasteiger partial charge is 0.159 e. The SMILES string of the molecule is [O]C(c1cc(F)cc(F)c1)c1ccc(F)c(F)c1. The molecule has 0 saturated heterocycles. The van der Waals surface area contributed by atoms with Gasteiger partial charge in [0.05, 0.1) is 0 Å². The first-order valence-corrected chi connectivity index (χ1v) is 5.04. The van der Waals surface area contributed by atoms with Crippen molar-refractivity contribution in [2.45, 2.75) is 6.10 Å². The first-order valence-electron chi connectivity index (χ1n) is 5.04. The van der Waals surface area contributed by atoms with Gasteiger partial charge < -0.3 is 0 Å². The molecule has 1 unspecified atom stereocenters. The first-order chi connectivity index (χ1) is 8.47. The molecule has 5 heteroatoms. The molecule has 93 valence electrons. The average Bonchev–Trinajstić information content (AvgIpc) is 2.30. The Balaban J connectivity index is 2.40. The van der Waals surface area contributed by atoms with E-state index in [2.05, 4.69) is 0 Å². The molecule has 0 amide bonds. The predicted molar refractivity (Wildman–Crippen MR) is 55.2 cm³/mol. The van der Waals surface area contributed by atoms with Gasteiger partial charge in [0.2, 0.25) is 0 Å². The summed E-state index contributed by atoms with van der Waals surface area (Å²) >= 11 is 0. The summed E-state index contributed by atoms with van der Waals surface area (Å²) in [6.45, 7) is 0. The fourth-order valence-electron chi connectivity index (χ4n) is 1.59. The highest BCUT2D eigenvalue weighted by molar-refractivity contribution is 5.31. The van der Waals surface area contributed by atoms with Gasteiger partial charge in [0.25, 0.3) is 0 Å². The van der Waals surface area contributed by atoms with Crippen LogP contribution in [0.5, 0.6) is 0 Å². The number of benzene rings is 2. The fourth-order valence-corrected chi connectivity index (χ4v) is 1.59. The maximum absolute atomic E-state index is 13.0.